The van der Waals surface area contributed by atoms with Crippen LogP contribution in [-0.2, 0) is 17.8 Å². The van der Waals surface area contributed by atoms with Crippen molar-refractivity contribution in [3.8, 4) is 0 Å². The average Bonchev–Trinajstić information content (AvgIpc) is 2.89. The highest BCUT2D eigenvalue weighted by Crippen LogP contribution is 2.09. The summed E-state index contributed by atoms with van der Waals surface area (Å²) in [5.74, 6) is 0.841. The SMILES string of the molecule is Cc1cc(C)n2nc(CC(=O)NCc3ccc(Cl)cc3)nc2n1. The zero-order valence-corrected chi connectivity index (χ0v) is 13.6. The number of nitrogens with one attached hydrogen (secondary N) is 1. The standard InChI is InChI=1S/C16H16ClN5O/c1-10-7-11(2)22-16(19-10)20-14(21-22)8-15(23)18-9-12-3-5-13(17)6-4-12/h3-7H,8-9H2,1-2H3,(H,18,23). The molecule has 0 aliphatic carbocycles. The molecule has 0 saturated heterocycles. The first kappa shape index (κ1) is 15.4. The van der Waals surface area contributed by atoms with Crippen LogP contribution in [0.2, 0.25) is 5.02 Å². The van der Waals surface area contributed by atoms with Gasteiger partial charge >= 0.3 is 0 Å². The minimum absolute atomic E-state index is 0.120. The second-order valence-corrected chi connectivity index (χ2v) is 5.80. The quantitative estimate of drug-likeness (QED) is 0.797. The summed E-state index contributed by atoms with van der Waals surface area (Å²) in [4.78, 5) is 20.6. The molecule has 6 nitrogen and oxygen atoms in total. The van der Waals surface area contributed by atoms with E-state index < -0.39 is 0 Å². The Labute approximate surface area is 138 Å². The number of halogens is 1. The van der Waals surface area contributed by atoms with Crippen LogP contribution < -0.4 is 5.32 Å². The third-order valence-electron chi connectivity index (χ3n) is 3.38. The number of aryl methyl sites for hydroxylation is 2. The third-order valence-corrected chi connectivity index (χ3v) is 3.64. The molecule has 0 spiro atoms. The van der Waals surface area contributed by atoms with Gasteiger partial charge in [-0.05, 0) is 37.6 Å². The summed E-state index contributed by atoms with van der Waals surface area (Å²) in [6.07, 6.45) is 0.120. The molecule has 0 bridgehead atoms. The van der Waals surface area contributed by atoms with E-state index >= 15 is 0 Å². The summed E-state index contributed by atoms with van der Waals surface area (Å²) in [7, 11) is 0. The van der Waals surface area contributed by atoms with E-state index in [1.165, 1.54) is 0 Å². The summed E-state index contributed by atoms with van der Waals surface area (Å²) in [6.45, 7) is 4.28. The predicted octanol–water partition coefficient (Wildman–Crippen LogP) is 2.25. The van der Waals surface area contributed by atoms with E-state index in [1.807, 2.05) is 32.0 Å². The lowest BCUT2D eigenvalue weighted by molar-refractivity contribution is -0.120. The molecule has 0 unspecified atom stereocenters. The molecule has 1 N–H and O–H groups in total. The van der Waals surface area contributed by atoms with Crippen molar-refractivity contribution in [1.29, 1.82) is 0 Å². The molecule has 3 aromatic rings. The van der Waals surface area contributed by atoms with Crippen molar-refractivity contribution < 1.29 is 4.79 Å². The Kier molecular flexibility index (Phi) is 4.25. The molecule has 3 rings (SSSR count). The van der Waals surface area contributed by atoms with Gasteiger partial charge in [-0.3, -0.25) is 4.79 Å². The summed E-state index contributed by atoms with van der Waals surface area (Å²) in [5, 5.41) is 7.84. The molecule has 0 aliphatic heterocycles. The zero-order valence-electron chi connectivity index (χ0n) is 12.9. The molecule has 0 aliphatic rings. The van der Waals surface area contributed by atoms with Crippen LogP contribution in [0.25, 0.3) is 5.78 Å². The van der Waals surface area contributed by atoms with Crippen LogP contribution in [0.5, 0.6) is 0 Å². The van der Waals surface area contributed by atoms with E-state index in [-0.39, 0.29) is 12.3 Å². The zero-order chi connectivity index (χ0) is 16.4. The number of carbonyl (C=O) groups excluding carboxylic acids is 1. The number of carbonyl (C=O) groups is 1. The fourth-order valence-corrected chi connectivity index (χ4v) is 2.42. The van der Waals surface area contributed by atoms with Crippen molar-refractivity contribution in [1.82, 2.24) is 24.9 Å². The molecule has 0 radical (unpaired) electrons. The van der Waals surface area contributed by atoms with Crippen molar-refractivity contribution in [3.63, 3.8) is 0 Å². The second kappa shape index (κ2) is 6.34. The number of amides is 1. The summed E-state index contributed by atoms with van der Waals surface area (Å²) >= 11 is 5.83. The Morgan fingerprint density at radius 1 is 1.22 bits per heavy atom. The summed E-state index contributed by atoms with van der Waals surface area (Å²) in [6, 6.07) is 9.27. The Balaban J connectivity index is 1.65. The number of aromatic nitrogens is 4. The van der Waals surface area contributed by atoms with E-state index in [2.05, 4.69) is 20.4 Å². The Morgan fingerprint density at radius 2 is 1.96 bits per heavy atom. The van der Waals surface area contributed by atoms with Gasteiger partial charge in [0.05, 0.1) is 6.42 Å². The highest BCUT2D eigenvalue weighted by atomic mass is 35.5. The largest absolute Gasteiger partial charge is 0.352 e. The first-order valence-corrected chi connectivity index (χ1v) is 7.60. The van der Waals surface area contributed by atoms with Crippen molar-refractivity contribution in [2.24, 2.45) is 0 Å². The lowest BCUT2D eigenvalue weighted by Crippen LogP contribution is -2.25. The van der Waals surface area contributed by atoms with Crippen LogP contribution in [-0.4, -0.2) is 25.5 Å². The normalized spacial score (nSPS) is 10.9. The molecule has 1 aromatic carbocycles. The fraction of sp³-hybridized carbons (Fsp3) is 0.250. The van der Waals surface area contributed by atoms with Crippen LogP contribution in [0.3, 0.4) is 0 Å². The van der Waals surface area contributed by atoms with Crippen molar-refractivity contribution in [3.05, 3.63) is 58.1 Å². The third kappa shape index (κ3) is 3.65. The van der Waals surface area contributed by atoms with Gasteiger partial charge in [-0.1, -0.05) is 23.7 Å². The second-order valence-electron chi connectivity index (χ2n) is 5.36. The molecule has 7 heteroatoms. The van der Waals surface area contributed by atoms with E-state index in [1.54, 1.807) is 16.6 Å². The van der Waals surface area contributed by atoms with Crippen LogP contribution in [0.4, 0.5) is 0 Å². The summed E-state index contributed by atoms with van der Waals surface area (Å²) < 4.78 is 1.65. The van der Waals surface area contributed by atoms with Gasteiger partial charge in [-0.25, -0.2) is 9.50 Å². The predicted molar refractivity (Wildman–Crippen MR) is 87.3 cm³/mol. The molecular formula is C16H16ClN5O. The highest BCUT2D eigenvalue weighted by Gasteiger charge is 2.11. The van der Waals surface area contributed by atoms with Gasteiger partial charge in [0, 0.05) is 23.0 Å². The van der Waals surface area contributed by atoms with Crippen LogP contribution in [0.1, 0.15) is 22.8 Å². The maximum atomic E-state index is 12.0. The van der Waals surface area contributed by atoms with Crippen LogP contribution in [0.15, 0.2) is 30.3 Å². The number of fused-ring (bicyclic) bond motifs is 1. The molecule has 0 atom stereocenters. The molecular weight excluding hydrogens is 314 g/mol. The Bertz CT molecular complexity index is 857. The van der Waals surface area contributed by atoms with Crippen molar-refractivity contribution in [2.45, 2.75) is 26.8 Å². The first-order chi connectivity index (χ1) is 11.0. The first-order valence-electron chi connectivity index (χ1n) is 7.22. The van der Waals surface area contributed by atoms with Gasteiger partial charge in [-0.15, -0.1) is 5.10 Å². The number of nitrogens with zero attached hydrogens (tertiary/aromatic N) is 4. The Hall–Kier alpha value is -2.47. The van der Waals surface area contributed by atoms with Crippen LogP contribution >= 0.6 is 11.6 Å². The van der Waals surface area contributed by atoms with Crippen LogP contribution in [0, 0.1) is 13.8 Å². The van der Waals surface area contributed by atoms with Gasteiger partial charge in [0.2, 0.25) is 5.91 Å². The maximum Gasteiger partial charge on any atom is 0.252 e. The van der Waals surface area contributed by atoms with Gasteiger partial charge in [-0.2, -0.15) is 4.98 Å². The van der Waals surface area contributed by atoms with E-state index in [0.29, 0.717) is 23.2 Å². The van der Waals surface area contributed by atoms with Gasteiger partial charge < -0.3 is 5.32 Å². The minimum atomic E-state index is -0.134. The average molecular weight is 330 g/mol. The Morgan fingerprint density at radius 3 is 2.70 bits per heavy atom. The summed E-state index contributed by atoms with van der Waals surface area (Å²) in [5.41, 5.74) is 2.80. The fourth-order valence-electron chi connectivity index (χ4n) is 2.29. The molecule has 2 heterocycles. The highest BCUT2D eigenvalue weighted by molar-refractivity contribution is 6.30. The number of hydrogen-bond acceptors (Lipinski definition) is 4. The van der Waals surface area contributed by atoms with E-state index in [4.69, 9.17) is 11.6 Å². The molecule has 1 amide bonds. The van der Waals surface area contributed by atoms with E-state index in [9.17, 15) is 4.79 Å². The minimum Gasteiger partial charge on any atom is -0.352 e. The molecule has 23 heavy (non-hydrogen) atoms. The van der Waals surface area contributed by atoms with Crippen molar-refractivity contribution >= 4 is 23.3 Å². The number of rotatable bonds is 4. The van der Waals surface area contributed by atoms with Crippen molar-refractivity contribution in [2.75, 3.05) is 0 Å². The number of benzene rings is 1. The smallest absolute Gasteiger partial charge is 0.252 e. The monoisotopic (exact) mass is 329 g/mol. The molecule has 0 fully saturated rings. The number of hydrogen-bond donors (Lipinski definition) is 1. The van der Waals surface area contributed by atoms with Gasteiger partial charge in [0.15, 0.2) is 5.82 Å². The molecule has 2 aromatic heterocycles. The maximum absolute atomic E-state index is 12.0. The lowest BCUT2D eigenvalue weighted by Gasteiger charge is -2.03. The topological polar surface area (TPSA) is 72.2 Å². The van der Waals surface area contributed by atoms with Gasteiger partial charge in [0.25, 0.3) is 5.78 Å². The lowest BCUT2D eigenvalue weighted by atomic mass is 10.2. The molecule has 0 saturated carbocycles. The van der Waals surface area contributed by atoms with E-state index in [0.717, 1.165) is 17.0 Å². The van der Waals surface area contributed by atoms with Gasteiger partial charge in [0.1, 0.15) is 0 Å². The molecule has 118 valence electrons.